The number of benzene rings is 3. The second-order valence-corrected chi connectivity index (χ2v) is 10.8. The monoisotopic (exact) mass is 547 g/mol. The van der Waals surface area contributed by atoms with E-state index in [2.05, 4.69) is 17.1 Å². The van der Waals surface area contributed by atoms with Gasteiger partial charge >= 0.3 is 0 Å². The molecule has 202 valence electrons. The zero-order valence-corrected chi connectivity index (χ0v) is 22.5. The van der Waals surface area contributed by atoms with Gasteiger partial charge < -0.3 is 9.47 Å². The molecule has 1 aliphatic carbocycles. The van der Waals surface area contributed by atoms with E-state index in [4.69, 9.17) is 9.47 Å². The third kappa shape index (κ3) is 6.42. The lowest BCUT2D eigenvalue weighted by Crippen LogP contribution is -2.40. The highest BCUT2D eigenvalue weighted by Crippen LogP contribution is 2.28. The summed E-state index contributed by atoms with van der Waals surface area (Å²) in [5, 5.41) is 4.08. The Morgan fingerprint density at radius 2 is 1.67 bits per heavy atom. The smallest absolute Gasteiger partial charge is 0.264 e. The number of fused-ring (bicyclic) bond motifs is 1. The van der Waals surface area contributed by atoms with E-state index < -0.39 is 22.5 Å². The predicted molar refractivity (Wildman–Crippen MR) is 149 cm³/mol. The first-order valence-corrected chi connectivity index (χ1v) is 13.6. The van der Waals surface area contributed by atoms with Crippen molar-refractivity contribution in [2.45, 2.75) is 18.2 Å². The fraction of sp³-hybridized carbons (Fsp3) is 0.207. The van der Waals surface area contributed by atoms with E-state index in [-0.39, 0.29) is 22.8 Å². The molecule has 10 heteroatoms. The van der Waals surface area contributed by atoms with Crippen LogP contribution < -0.4 is 14.5 Å². The Balaban J connectivity index is 1.59. The van der Waals surface area contributed by atoms with Crippen LogP contribution in [-0.4, -0.2) is 52.7 Å². The summed E-state index contributed by atoms with van der Waals surface area (Å²) in [4.78, 5) is 25.6. The molecule has 3 aromatic rings. The molecule has 0 unspecified atom stereocenters. The van der Waals surface area contributed by atoms with Crippen molar-refractivity contribution in [3.05, 3.63) is 96.1 Å². The lowest BCUT2D eigenvalue weighted by atomic mass is 9.86. The van der Waals surface area contributed by atoms with Crippen molar-refractivity contribution in [3.8, 4) is 5.75 Å². The fourth-order valence-corrected chi connectivity index (χ4v) is 5.45. The van der Waals surface area contributed by atoms with Crippen molar-refractivity contribution < 1.29 is 27.5 Å². The Labute approximate surface area is 227 Å². The number of carbonyl (C=O) groups excluding carboxylic acids is 2. The van der Waals surface area contributed by atoms with Gasteiger partial charge in [-0.3, -0.25) is 13.9 Å². The standard InChI is InChI=1S/C29H29N3O6S/c1-20-8-10-22(11-9-20)32(39(35,36)24-14-12-23(13-15-24)38-17-16-37-3)19-28(34)30-31-29-26-7-5-4-6-25(26)21(2)18-27(29)33/h4-15H,2,16-19H2,1,3H3,(H,30,34)/b31-29-. The minimum atomic E-state index is -4.15. The number of methoxy groups -OCH3 is 1. The van der Waals surface area contributed by atoms with Gasteiger partial charge in [-0.05, 0) is 54.5 Å². The van der Waals surface area contributed by atoms with Crippen LogP contribution >= 0.6 is 0 Å². The number of hydrazone groups is 1. The summed E-state index contributed by atoms with van der Waals surface area (Å²) in [7, 11) is -2.59. The number of hydrogen-bond donors (Lipinski definition) is 1. The molecule has 0 fully saturated rings. The van der Waals surface area contributed by atoms with Gasteiger partial charge in [-0.2, -0.15) is 5.10 Å². The third-order valence-corrected chi connectivity index (χ3v) is 7.86. The highest BCUT2D eigenvalue weighted by Gasteiger charge is 2.29. The van der Waals surface area contributed by atoms with Crippen LogP contribution in [0.1, 0.15) is 23.1 Å². The molecule has 0 saturated heterocycles. The van der Waals surface area contributed by atoms with E-state index in [1.807, 2.05) is 19.1 Å². The van der Waals surface area contributed by atoms with Crippen molar-refractivity contribution >= 4 is 38.7 Å². The quantitative estimate of drug-likeness (QED) is 0.306. The summed E-state index contributed by atoms with van der Waals surface area (Å²) in [6.45, 7) is 5.98. The maximum atomic E-state index is 13.7. The predicted octanol–water partition coefficient (Wildman–Crippen LogP) is 3.72. The number of sulfonamides is 1. The van der Waals surface area contributed by atoms with Crippen molar-refractivity contribution in [2.24, 2.45) is 5.10 Å². The minimum Gasteiger partial charge on any atom is -0.491 e. The average Bonchev–Trinajstić information content (AvgIpc) is 2.92. The number of carbonyl (C=O) groups is 2. The summed E-state index contributed by atoms with van der Waals surface area (Å²) in [6, 6.07) is 19.9. The molecule has 9 nitrogen and oxygen atoms in total. The van der Waals surface area contributed by atoms with Gasteiger partial charge in [-0.15, -0.1) is 0 Å². The van der Waals surface area contributed by atoms with Crippen molar-refractivity contribution in [1.82, 2.24) is 5.43 Å². The molecule has 0 atom stereocenters. The van der Waals surface area contributed by atoms with Crippen molar-refractivity contribution in [1.29, 1.82) is 0 Å². The molecule has 0 aliphatic heterocycles. The number of hydrogen-bond acceptors (Lipinski definition) is 7. The van der Waals surface area contributed by atoms with Crippen LogP contribution in [-0.2, 0) is 24.3 Å². The Kier molecular flexibility index (Phi) is 8.58. The SMILES string of the molecule is C=C1CC(=O)/C(=N\NC(=O)CN(c2ccc(C)cc2)S(=O)(=O)c2ccc(OCCOC)cc2)c2ccccc21. The maximum Gasteiger partial charge on any atom is 0.264 e. The van der Waals surface area contributed by atoms with E-state index in [1.54, 1.807) is 55.6 Å². The number of nitrogens with zero attached hydrogens (tertiary/aromatic N) is 2. The molecule has 0 bridgehead atoms. The first-order chi connectivity index (χ1) is 18.7. The minimum absolute atomic E-state index is 0.0174. The zero-order valence-electron chi connectivity index (χ0n) is 21.7. The number of ether oxygens (including phenoxy) is 2. The fourth-order valence-electron chi connectivity index (χ4n) is 4.03. The number of allylic oxidation sites excluding steroid dienone is 1. The number of Topliss-reactive ketones (excluding diaryl/α,β-unsaturated/α-hetero) is 1. The van der Waals surface area contributed by atoms with Crippen LogP contribution in [0.15, 0.2) is 89.4 Å². The summed E-state index contributed by atoms with van der Waals surface area (Å²) in [5.41, 5.74) is 5.72. The van der Waals surface area contributed by atoms with Crippen molar-refractivity contribution in [2.75, 3.05) is 31.2 Å². The van der Waals surface area contributed by atoms with Gasteiger partial charge in [0.25, 0.3) is 15.9 Å². The topological polar surface area (TPSA) is 114 Å². The number of amides is 1. The van der Waals surface area contributed by atoms with Gasteiger partial charge in [-0.1, -0.05) is 48.5 Å². The first-order valence-electron chi connectivity index (χ1n) is 12.2. The highest BCUT2D eigenvalue weighted by atomic mass is 32.2. The molecular formula is C29H29N3O6S. The van der Waals surface area contributed by atoms with Gasteiger partial charge in [0.15, 0.2) is 5.78 Å². The molecule has 39 heavy (non-hydrogen) atoms. The summed E-state index contributed by atoms with van der Waals surface area (Å²) >= 11 is 0. The molecular weight excluding hydrogens is 518 g/mol. The highest BCUT2D eigenvalue weighted by molar-refractivity contribution is 7.92. The molecule has 0 saturated carbocycles. The normalized spacial score (nSPS) is 14.2. The lowest BCUT2D eigenvalue weighted by molar-refractivity contribution is -0.119. The van der Waals surface area contributed by atoms with Crippen LogP contribution in [0.5, 0.6) is 5.75 Å². The molecule has 4 rings (SSSR count). The molecule has 1 amide bonds. The van der Waals surface area contributed by atoms with Crippen LogP contribution in [0.2, 0.25) is 0 Å². The van der Waals surface area contributed by atoms with Gasteiger partial charge in [0, 0.05) is 19.1 Å². The Hall–Kier alpha value is -4.28. The van der Waals surface area contributed by atoms with Gasteiger partial charge in [0.1, 0.15) is 24.6 Å². The summed E-state index contributed by atoms with van der Waals surface area (Å²) in [5.74, 6) is -0.503. The average molecular weight is 548 g/mol. The van der Waals surface area contributed by atoms with Gasteiger partial charge in [-0.25, -0.2) is 13.8 Å². The van der Waals surface area contributed by atoms with E-state index in [0.29, 0.717) is 35.8 Å². The summed E-state index contributed by atoms with van der Waals surface area (Å²) < 4.78 is 38.8. The van der Waals surface area contributed by atoms with Crippen molar-refractivity contribution in [3.63, 3.8) is 0 Å². The zero-order chi connectivity index (χ0) is 28.0. The largest absolute Gasteiger partial charge is 0.491 e. The third-order valence-electron chi connectivity index (χ3n) is 6.07. The number of nitrogens with one attached hydrogen (secondary N) is 1. The second kappa shape index (κ2) is 12.1. The lowest BCUT2D eigenvalue weighted by Gasteiger charge is -2.24. The maximum absolute atomic E-state index is 13.7. The van der Waals surface area contributed by atoms with Crippen LogP contribution in [0.25, 0.3) is 5.57 Å². The number of rotatable bonds is 10. The van der Waals surface area contributed by atoms with Crippen LogP contribution in [0, 0.1) is 6.92 Å². The van der Waals surface area contributed by atoms with E-state index in [1.165, 1.54) is 12.1 Å². The molecule has 0 spiro atoms. The van der Waals surface area contributed by atoms with Gasteiger partial charge in [0.05, 0.1) is 17.2 Å². The van der Waals surface area contributed by atoms with Crippen LogP contribution in [0.4, 0.5) is 5.69 Å². The summed E-state index contributed by atoms with van der Waals surface area (Å²) in [6.07, 6.45) is 0.0841. The van der Waals surface area contributed by atoms with E-state index in [0.717, 1.165) is 15.4 Å². The van der Waals surface area contributed by atoms with E-state index >= 15 is 0 Å². The Morgan fingerprint density at radius 3 is 2.33 bits per heavy atom. The Bertz CT molecular complexity index is 1510. The molecule has 0 heterocycles. The molecule has 3 aromatic carbocycles. The molecule has 0 radical (unpaired) electrons. The number of anilines is 1. The molecule has 0 aromatic heterocycles. The van der Waals surface area contributed by atoms with Crippen LogP contribution in [0.3, 0.4) is 0 Å². The molecule has 1 N–H and O–H groups in total. The first kappa shape index (κ1) is 27.7. The molecule has 1 aliphatic rings. The van der Waals surface area contributed by atoms with E-state index in [9.17, 15) is 18.0 Å². The van der Waals surface area contributed by atoms with Gasteiger partial charge in [0.2, 0.25) is 0 Å². The second-order valence-electron chi connectivity index (χ2n) is 8.90. The number of aryl methyl sites for hydroxylation is 1. The number of ketones is 1. The Morgan fingerprint density at radius 1 is 1.00 bits per heavy atom.